The Kier molecular flexibility index (Phi) is 3.97. The number of benzene rings is 1. The van der Waals surface area contributed by atoms with Gasteiger partial charge in [0.25, 0.3) is 10.1 Å². The van der Waals surface area contributed by atoms with Crippen LogP contribution in [0.3, 0.4) is 0 Å². The number of rotatable bonds is 3. The van der Waals surface area contributed by atoms with Crippen LogP contribution in [0, 0.1) is 0 Å². The lowest BCUT2D eigenvalue weighted by molar-refractivity contribution is 0.262. The molecule has 0 aliphatic carbocycles. The molecule has 2 aromatic rings. The molecule has 1 aromatic carbocycles. The number of urea groups is 1. The van der Waals surface area contributed by atoms with Crippen molar-refractivity contribution in [2.75, 3.05) is 10.6 Å². The van der Waals surface area contributed by atoms with Gasteiger partial charge in [0, 0.05) is 11.9 Å². The predicted molar refractivity (Wildman–Crippen MR) is 73.1 cm³/mol. The summed E-state index contributed by atoms with van der Waals surface area (Å²) in [5.74, 6) is 0.388. The van der Waals surface area contributed by atoms with Crippen molar-refractivity contribution in [3.63, 3.8) is 0 Å². The van der Waals surface area contributed by atoms with Gasteiger partial charge >= 0.3 is 6.03 Å². The minimum atomic E-state index is -4.23. The fourth-order valence-corrected chi connectivity index (χ4v) is 1.91. The lowest BCUT2D eigenvalue weighted by atomic mass is 10.3. The molecule has 3 N–H and O–H groups in total. The van der Waals surface area contributed by atoms with Crippen LogP contribution in [0.25, 0.3) is 0 Å². The van der Waals surface area contributed by atoms with Crippen molar-refractivity contribution < 1.29 is 17.8 Å². The Balaban J connectivity index is 2.02. The second-order valence-electron chi connectivity index (χ2n) is 3.79. The van der Waals surface area contributed by atoms with Gasteiger partial charge in [-0.1, -0.05) is 6.07 Å². The molecule has 2 rings (SSSR count). The van der Waals surface area contributed by atoms with Crippen molar-refractivity contribution in [3.05, 3.63) is 48.7 Å². The smallest absolute Gasteiger partial charge is 0.308 e. The number of hydrogen-bond donors (Lipinski definition) is 3. The summed E-state index contributed by atoms with van der Waals surface area (Å²) in [5.41, 5.74) is 0.380. The Morgan fingerprint density at radius 2 is 1.75 bits per heavy atom. The van der Waals surface area contributed by atoms with Crippen molar-refractivity contribution in [3.8, 4) is 0 Å². The third-order valence-corrected chi connectivity index (χ3v) is 3.18. The second kappa shape index (κ2) is 5.68. The number of nitrogens with one attached hydrogen (secondary N) is 2. The van der Waals surface area contributed by atoms with E-state index in [0.717, 1.165) is 0 Å². The largest absolute Gasteiger partial charge is 0.324 e. The highest BCUT2D eigenvalue weighted by atomic mass is 32.2. The molecule has 0 bridgehead atoms. The lowest BCUT2D eigenvalue weighted by Gasteiger charge is -2.07. The van der Waals surface area contributed by atoms with Gasteiger partial charge in [0.1, 0.15) is 5.82 Å². The molecule has 0 unspecified atom stereocenters. The summed E-state index contributed by atoms with van der Waals surface area (Å²) in [6.45, 7) is 0. The van der Waals surface area contributed by atoms with Crippen LogP contribution in [0.4, 0.5) is 16.3 Å². The molecule has 8 heteroatoms. The summed E-state index contributed by atoms with van der Waals surface area (Å²) in [4.78, 5) is 15.3. The second-order valence-corrected chi connectivity index (χ2v) is 5.22. The maximum absolute atomic E-state index is 11.6. The maximum Gasteiger partial charge on any atom is 0.324 e. The molecule has 2 amide bonds. The molecular formula is C12H11N3O4S. The summed E-state index contributed by atoms with van der Waals surface area (Å²) in [7, 11) is -4.23. The zero-order chi connectivity index (χ0) is 14.6. The van der Waals surface area contributed by atoms with E-state index >= 15 is 0 Å². The van der Waals surface area contributed by atoms with Gasteiger partial charge in [-0.2, -0.15) is 8.42 Å². The number of amides is 2. The van der Waals surface area contributed by atoms with Crippen LogP contribution in [0.15, 0.2) is 53.6 Å². The molecule has 0 saturated heterocycles. The topological polar surface area (TPSA) is 108 Å². The van der Waals surface area contributed by atoms with Gasteiger partial charge in [0.2, 0.25) is 0 Å². The van der Waals surface area contributed by atoms with Crippen molar-refractivity contribution in [2.24, 2.45) is 0 Å². The van der Waals surface area contributed by atoms with E-state index in [-0.39, 0.29) is 4.90 Å². The Hall–Kier alpha value is -2.45. The standard InChI is InChI=1S/C12H11N3O4S/c16-12(15-11-3-1-2-8-13-11)14-9-4-6-10(7-5-9)20(17,18)19/h1-8H,(H,17,18,19)(H2,13,14,15,16). The van der Waals surface area contributed by atoms with E-state index in [1.165, 1.54) is 30.5 Å². The first-order chi connectivity index (χ1) is 9.45. The third kappa shape index (κ3) is 3.77. The van der Waals surface area contributed by atoms with E-state index < -0.39 is 16.1 Å². The van der Waals surface area contributed by atoms with Crippen molar-refractivity contribution in [1.29, 1.82) is 0 Å². The summed E-state index contributed by atoms with van der Waals surface area (Å²) < 4.78 is 30.5. The number of pyridine rings is 1. The van der Waals surface area contributed by atoms with E-state index in [1.54, 1.807) is 18.2 Å². The normalized spacial score (nSPS) is 10.8. The highest BCUT2D eigenvalue weighted by Crippen LogP contribution is 2.14. The van der Waals surface area contributed by atoms with E-state index in [4.69, 9.17) is 4.55 Å². The van der Waals surface area contributed by atoms with Gasteiger partial charge in [-0.25, -0.2) is 9.78 Å². The van der Waals surface area contributed by atoms with Crippen LogP contribution in [0.1, 0.15) is 0 Å². The summed E-state index contributed by atoms with van der Waals surface area (Å²) in [5, 5.41) is 5.01. The first-order valence-corrected chi connectivity index (χ1v) is 6.96. The molecule has 0 fully saturated rings. The van der Waals surface area contributed by atoms with Gasteiger partial charge in [-0.15, -0.1) is 0 Å². The van der Waals surface area contributed by atoms with Crippen molar-refractivity contribution in [2.45, 2.75) is 4.90 Å². The van der Waals surface area contributed by atoms with Crippen LogP contribution in [0.5, 0.6) is 0 Å². The molecule has 0 saturated carbocycles. The highest BCUT2D eigenvalue weighted by Gasteiger charge is 2.09. The Morgan fingerprint density at radius 3 is 2.30 bits per heavy atom. The summed E-state index contributed by atoms with van der Waals surface area (Å²) in [6.07, 6.45) is 1.54. The van der Waals surface area contributed by atoms with Crippen molar-refractivity contribution in [1.82, 2.24) is 4.98 Å². The van der Waals surface area contributed by atoms with Crippen LogP contribution in [-0.2, 0) is 10.1 Å². The molecule has 1 aromatic heterocycles. The Morgan fingerprint density at radius 1 is 1.05 bits per heavy atom. The van der Waals surface area contributed by atoms with E-state index in [9.17, 15) is 13.2 Å². The van der Waals surface area contributed by atoms with Gasteiger partial charge < -0.3 is 5.32 Å². The van der Waals surface area contributed by atoms with E-state index in [1.807, 2.05) is 0 Å². The molecule has 0 aliphatic rings. The van der Waals surface area contributed by atoms with Gasteiger partial charge in [-0.3, -0.25) is 9.87 Å². The molecule has 1 heterocycles. The minimum absolute atomic E-state index is 0.242. The average Bonchev–Trinajstić information content (AvgIpc) is 2.39. The molecule has 104 valence electrons. The first-order valence-electron chi connectivity index (χ1n) is 5.52. The zero-order valence-electron chi connectivity index (χ0n) is 10.1. The number of nitrogens with zero attached hydrogens (tertiary/aromatic N) is 1. The van der Waals surface area contributed by atoms with Crippen LogP contribution in [0.2, 0.25) is 0 Å². The summed E-state index contributed by atoms with van der Waals surface area (Å²) >= 11 is 0. The monoisotopic (exact) mass is 293 g/mol. The fourth-order valence-electron chi connectivity index (χ4n) is 1.43. The summed E-state index contributed by atoms with van der Waals surface area (Å²) in [6, 6.07) is 9.66. The third-order valence-electron chi connectivity index (χ3n) is 2.32. The van der Waals surface area contributed by atoms with Crippen molar-refractivity contribution >= 4 is 27.7 Å². The minimum Gasteiger partial charge on any atom is -0.308 e. The van der Waals surface area contributed by atoms with Crippen LogP contribution < -0.4 is 10.6 Å². The van der Waals surface area contributed by atoms with Gasteiger partial charge in [-0.05, 0) is 36.4 Å². The van der Waals surface area contributed by atoms with Gasteiger partial charge in [0.05, 0.1) is 4.90 Å². The fraction of sp³-hybridized carbons (Fsp3) is 0. The molecule has 0 aliphatic heterocycles. The SMILES string of the molecule is O=C(Nc1ccc(S(=O)(=O)O)cc1)Nc1ccccn1. The van der Waals surface area contributed by atoms with Gasteiger partial charge in [0.15, 0.2) is 0 Å². The zero-order valence-corrected chi connectivity index (χ0v) is 11.0. The molecular weight excluding hydrogens is 282 g/mol. The van der Waals surface area contributed by atoms with Crippen LogP contribution in [-0.4, -0.2) is 24.0 Å². The highest BCUT2D eigenvalue weighted by molar-refractivity contribution is 7.85. The Labute approximate surface area is 115 Å². The Bertz CT molecular complexity index is 699. The quantitative estimate of drug-likeness (QED) is 0.750. The first kappa shape index (κ1) is 14.0. The van der Waals surface area contributed by atoms with E-state index in [2.05, 4.69) is 15.6 Å². The van der Waals surface area contributed by atoms with E-state index in [0.29, 0.717) is 11.5 Å². The average molecular weight is 293 g/mol. The van der Waals surface area contributed by atoms with Crippen LogP contribution >= 0.6 is 0 Å². The lowest BCUT2D eigenvalue weighted by Crippen LogP contribution is -2.19. The molecule has 0 radical (unpaired) electrons. The molecule has 0 spiro atoms. The molecule has 7 nitrogen and oxygen atoms in total. The number of anilines is 2. The number of carbonyl (C=O) groups excluding carboxylic acids is 1. The number of carbonyl (C=O) groups is 1. The number of hydrogen-bond acceptors (Lipinski definition) is 4. The predicted octanol–water partition coefficient (Wildman–Crippen LogP) is 1.97. The maximum atomic E-state index is 11.6. The molecule has 20 heavy (non-hydrogen) atoms. The molecule has 0 atom stereocenters. The number of aromatic nitrogens is 1.